The molecule has 2 aliphatic carbocycles. The highest BCUT2D eigenvalue weighted by atomic mass is 19.1. The fourth-order valence-corrected chi connectivity index (χ4v) is 6.79. The Hall–Kier alpha value is -1.99. The molecule has 7 heteroatoms. The van der Waals surface area contributed by atoms with Gasteiger partial charge in [-0.3, -0.25) is 19.8 Å². The zero-order valence-corrected chi connectivity index (χ0v) is 17.9. The molecule has 2 amide bonds. The van der Waals surface area contributed by atoms with Gasteiger partial charge in [-0.05, 0) is 55.2 Å². The first-order valence-corrected chi connectivity index (χ1v) is 11.9. The van der Waals surface area contributed by atoms with Crippen molar-refractivity contribution in [1.29, 1.82) is 0 Å². The van der Waals surface area contributed by atoms with Gasteiger partial charge < -0.3 is 10.2 Å². The summed E-state index contributed by atoms with van der Waals surface area (Å²) in [6, 6.07) is 5.97. The van der Waals surface area contributed by atoms with Crippen molar-refractivity contribution in [3.8, 4) is 0 Å². The van der Waals surface area contributed by atoms with Gasteiger partial charge in [-0.2, -0.15) is 0 Å². The van der Waals surface area contributed by atoms with Gasteiger partial charge in [0.1, 0.15) is 5.82 Å². The molecule has 2 N–H and O–H groups in total. The molecule has 5 aliphatic rings. The molecule has 0 radical (unpaired) electrons. The summed E-state index contributed by atoms with van der Waals surface area (Å²) in [5.74, 6) is 0.476. The summed E-state index contributed by atoms with van der Waals surface area (Å²) in [7, 11) is 0. The lowest BCUT2D eigenvalue weighted by Gasteiger charge is -2.39. The first-order chi connectivity index (χ1) is 15.0. The number of anilines is 1. The predicted octanol–water partition coefficient (Wildman–Crippen LogP) is 1.86. The number of piperazine rings is 1. The van der Waals surface area contributed by atoms with E-state index in [1.54, 1.807) is 6.07 Å². The Kier molecular flexibility index (Phi) is 4.62. The average molecular weight is 427 g/mol. The molecule has 6 nitrogen and oxygen atoms in total. The lowest BCUT2D eigenvalue weighted by atomic mass is 9.80. The molecule has 3 heterocycles. The maximum absolute atomic E-state index is 14.9. The Morgan fingerprint density at radius 1 is 1.13 bits per heavy atom. The number of nitrogens with one attached hydrogen (secondary N) is 2. The molecule has 3 aliphatic heterocycles. The molecule has 5 atom stereocenters. The number of rotatable bonds is 4. The maximum Gasteiger partial charge on any atom is 0.234 e. The van der Waals surface area contributed by atoms with E-state index in [1.807, 2.05) is 6.07 Å². The van der Waals surface area contributed by atoms with E-state index in [9.17, 15) is 14.0 Å². The van der Waals surface area contributed by atoms with Gasteiger partial charge in [0.05, 0.1) is 11.6 Å². The van der Waals surface area contributed by atoms with Crippen LogP contribution in [0.25, 0.3) is 0 Å². The van der Waals surface area contributed by atoms with Crippen LogP contribution in [0.2, 0.25) is 0 Å². The van der Waals surface area contributed by atoms with Crippen LogP contribution in [0.5, 0.6) is 0 Å². The predicted molar refractivity (Wildman–Crippen MR) is 115 cm³/mol. The van der Waals surface area contributed by atoms with Crippen LogP contribution in [0, 0.1) is 23.1 Å². The molecular weight excluding hydrogens is 395 g/mol. The third kappa shape index (κ3) is 3.28. The summed E-state index contributed by atoms with van der Waals surface area (Å²) in [6.45, 7) is 6.05. The third-order valence-corrected chi connectivity index (χ3v) is 8.75. The van der Waals surface area contributed by atoms with E-state index in [2.05, 4.69) is 20.4 Å². The fraction of sp³-hybridized carbons (Fsp3) is 0.667. The van der Waals surface area contributed by atoms with Gasteiger partial charge in [-0.15, -0.1) is 0 Å². The zero-order valence-electron chi connectivity index (χ0n) is 17.9. The molecule has 1 spiro atoms. The van der Waals surface area contributed by atoms with Crippen LogP contribution in [-0.2, 0) is 9.59 Å². The quantitative estimate of drug-likeness (QED) is 0.720. The minimum Gasteiger partial charge on any atom is -0.367 e. The van der Waals surface area contributed by atoms with Crippen LogP contribution in [0.15, 0.2) is 18.2 Å². The fourth-order valence-electron chi connectivity index (χ4n) is 6.79. The summed E-state index contributed by atoms with van der Waals surface area (Å²) in [5, 5.41) is 5.96. The van der Waals surface area contributed by atoms with E-state index in [0.29, 0.717) is 29.5 Å². The Bertz CT molecular complexity index is 915. The number of imide groups is 1. The summed E-state index contributed by atoms with van der Waals surface area (Å²) >= 11 is 0. The Morgan fingerprint density at radius 2 is 1.97 bits per heavy atom. The average Bonchev–Trinajstić information content (AvgIpc) is 3.21. The van der Waals surface area contributed by atoms with Gasteiger partial charge in [0.2, 0.25) is 11.8 Å². The second-order valence-corrected chi connectivity index (χ2v) is 10.3. The number of nitrogens with zero attached hydrogens (tertiary/aromatic N) is 2. The number of piperidine rings is 1. The van der Waals surface area contributed by atoms with Gasteiger partial charge in [0.25, 0.3) is 0 Å². The number of carbonyl (C=O) groups is 2. The monoisotopic (exact) mass is 426 g/mol. The van der Waals surface area contributed by atoms with Crippen molar-refractivity contribution in [1.82, 2.24) is 15.5 Å². The third-order valence-electron chi connectivity index (χ3n) is 8.75. The van der Waals surface area contributed by atoms with Gasteiger partial charge in [-0.1, -0.05) is 6.07 Å². The summed E-state index contributed by atoms with van der Waals surface area (Å²) in [5.41, 5.74) is 1.98. The van der Waals surface area contributed by atoms with E-state index in [4.69, 9.17) is 0 Å². The smallest absolute Gasteiger partial charge is 0.234 e. The van der Waals surface area contributed by atoms with Crippen molar-refractivity contribution in [2.75, 3.05) is 44.2 Å². The van der Waals surface area contributed by atoms with Crippen LogP contribution in [0.4, 0.5) is 10.1 Å². The Balaban J connectivity index is 1.04. The van der Waals surface area contributed by atoms with Crippen LogP contribution in [0.3, 0.4) is 0 Å². The second-order valence-electron chi connectivity index (χ2n) is 10.3. The van der Waals surface area contributed by atoms with Crippen molar-refractivity contribution in [3.05, 3.63) is 29.6 Å². The highest BCUT2D eigenvalue weighted by Crippen LogP contribution is 2.66. The molecule has 0 aromatic heterocycles. The lowest BCUT2D eigenvalue weighted by Crippen LogP contribution is -2.48. The van der Waals surface area contributed by atoms with E-state index in [0.717, 1.165) is 44.1 Å². The molecule has 3 saturated heterocycles. The maximum atomic E-state index is 14.9. The first-order valence-electron chi connectivity index (χ1n) is 11.9. The number of amides is 2. The SMILES string of the molecule is O=C1CCC(c2ccc(N3CCN(CC4CCC56CNC5C6C4)CC3)c(F)c2)C(=O)N1. The largest absolute Gasteiger partial charge is 0.367 e. The minimum atomic E-state index is -0.440. The molecule has 0 bridgehead atoms. The number of benzene rings is 1. The van der Waals surface area contributed by atoms with Crippen molar-refractivity contribution < 1.29 is 14.0 Å². The molecule has 5 fully saturated rings. The lowest BCUT2D eigenvalue weighted by molar-refractivity contribution is -0.134. The highest BCUT2D eigenvalue weighted by Gasteiger charge is 2.71. The van der Waals surface area contributed by atoms with Crippen LogP contribution < -0.4 is 15.5 Å². The summed E-state index contributed by atoms with van der Waals surface area (Å²) in [4.78, 5) is 28.1. The Labute approximate surface area is 182 Å². The second kappa shape index (κ2) is 7.27. The molecule has 1 aromatic rings. The molecule has 166 valence electrons. The molecule has 5 unspecified atom stereocenters. The van der Waals surface area contributed by atoms with E-state index in [-0.39, 0.29) is 17.6 Å². The number of halogens is 1. The number of fused-ring (bicyclic) bond motifs is 1. The first kappa shape index (κ1) is 19.7. The topological polar surface area (TPSA) is 64.7 Å². The van der Waals surface area contributed by atoms with E-state index >= 15 is 0 Å². The van der Waals surface area contributed by atoms with Crippen LogP contribution >= 0.6 is 0 Å². The molecule has 1 aromatic carbocycles. The van der Waals surface area contributed by atoms with Gasteiger partial charge in [0.15, 0.2) is 0 Å². The van der Waals surface area contributed by atoms with Crippen LogP contribution in [-0.4, -0.2) is 62.0 Å². The van der Waals surface area contributed by atoms with Gasteiger partial charge in [-0.25, -0.2) is 4.39 Å². The standard InChI is InChI=1S/C24H31FN4O2/c25-19-12-16(17-2-4-21(30)27-23(17)31)1-3-20(19)29-9-7-28(8-10-29)13-15-5-6-24-14-26-22(24)18(24)11-15/h1,3,12,15,17-18,22,26H,2,4-11,13-14H2,(H,27,30,31). The van der Waals surface area contributed by atoms with Gasteiger partial charge in [0, 0.05) is 57.1 Å². The normalized spacial score (nSPS) is 37.5. The summed E-state index contributed by atoms with van der Waals surface area (Å²) in [6.07, 6.45) is 4.91. The van der Waals surface area contributed by atoms with Crippen molar-refractivity contribution in [3.63, 3.8) is 0 Å². The molecule has 6 rings (SSSR count). The van der Waals surface area contributed by atoms with Crippen molar-refractivity contribution in [2.45, 2.75) is 44.1 Å². The van der Waals surface area contributed by atoms with E-state index in [1.165, 1.54) is 38.4 Å². The molecule has 31 heavy (non-hydrogen) atoms. The van der Waals surface area contributed by atoms with E-state index < -0.39 is 5.92 Å². The minimum absolute atomic E-state index is 0.245. The zero-order chi connectivity index (χ0) is 21.2. The highest BCUT2D eigenvalue weighted by molar-refractivity contribution is 6.00. The summed E-state index contributed by atoms with van der Waals surface area (Å²) < 4.78 is 14.9. The van der Waals surface area contributed by atoms with Crippen LogP contribution in [0.1, 0.15) is 43.6 Å². The number of hydrogen-bond acceptors (Lipinski definition) is 5. The Morgan fingerprint density at radius 3 is 2.65 bits per heavy atom. The molecular formula is C24H31FN4O2. The number of carbonyl (C=O) groups excluding carboxylic acids is 2. The van der Waals surface area contributed by atoms with Gasteiger partial charge >= 0.3 is 0 Å². The molecule has 2 saturated carbocycles. The van der Waals surface area contributed by atoms with Crippen molar-refractivity contribution >= 4 is 17.5 Å². The number of hydrogen-bond donors (Lipinski definition) is 2. The van der Waals surface area contributed by atoms with Crippen molar-refractivity contribution in [2.24, 2.45) is 17.3 Å².